The molecule has 276 valence electrons. The Kier molecular flexibility index (Phi) is 11.8. The molecule has 0 aliphatic carbocycles. The Morgan fingerprint density at radius 2 is 1.35 bits per heavy atom. The molecule has 3 N–H and O–H groups in total. The first-order chi connectivity index (χ1) is 26.3. The van der Waals surface area contributed by atoms with Crippen LogP contribution >= 0.6 is 0 Å². The first kappa shape index (κ1) is 37.0. The maximum Gasteiger partial charge on any atom is 0.315 e. The molecule has 5 atom stereocenters. The Morgan fingerprint density at radius 3 is 2.11 bits per heavy atom. The van der Waals surface area contributed by atoms with Gasteiger partial charge in [0.1, 0.15) is 0 Å². The van der Waals surface area contributed by atoms with E-state index >= 15 is 0 Å². The summed E-state index contributed by atoms with van der Waals surface area (Å²) in [5.74, 6) is 0.0599. The van der Waals surface area contributed by atoms with E-state index in [1.807, 2.05) is 60.7 Å². The van der Waals surface area contributed by atoms with Gasteiger partial charge in [0.05, 0.1) is 18.8 Å². The van der Waals surface area contributed by atoms with E-state index in [1.165, 1.54) is 16.3 Å². The topological polar surface area (TPSA) is 83.1 Å². The van der Waals surface area contributed by atoms with Gasteiger partial charge >= 0.3 is 6.03 Å². The van der Waals surface area contributed by atoms with Crippen LogP contribution in [0.1, 0.15) is 65.7 Å². The fourth-order valence-corrected chi connectivity index (χ4v) is 7.24. The van der Waals surface area contributed by atoms with Crippen LogP contribution in [-0.4, -0.2) is 35.7 Å². The maximum atomic E-state index is 12.5. The monoisotopic (exact) mass is 719 g/mol. The highest BCUT2D eigenvalue weighted by atomic mass is 16.7. The Balaban J connectivity index is 1.08. The minimum Gasteiger partial charge on any atom is -0.392 e. The number of likely N-dealkylation sites (N-methyl/N-ethyl adjacent to an activating group) is 1. The summed E-state index contributed by atoms with van der Waals surface area (Å²) in [6.07, 6.45) is -0.918. The summed E-state index contributed by atoms with van der Waals surface area (Å²) in [7, 11) is 2.17. The van der Waals surface area contributed by atoms with E-state index in [-0.39, 0.29) is 36.8 Å². The van der Waals surface area contributed by atoms with Crippen LogP contribution in [0.25, 0.3) is 21.9 Å². The summed E-state index contributed by atoms with van der Waals surface area (Å²) in [4.78, 5) is 14.9. The molecule has 0 aromatic heterocycles. The molecular weight excluding hydrogens is 671 g/mol. The van der Waals surface area contributed by atoms with Crippen LogP contribution in [0.4, 0.5) is 4.79 Å². The minimum absolute atomic E-state index is 0.00131. The third kappa shape index (κ3) is 8.89. The molecule has 1 heterocycles. The number of urea groups is 1. The van der Waals surface area contributed by atoms with Crippen LogP contribution in [-0.2, 0) is 29.2 Å². The van der Waals surface area contributed by atoms with E-state index in [1.54, 1.807) is 0 Å². The zero-order valence-corrected chi connectivity index (χ0v) is 31.2. The molecule has 6 aromatic rings. The first-order valence-corrected chi connectivity index (χ1v) is 18.8. The molecule has 7 rings (SSSR count). The Hall–Kier alpha value is -5.31. The molecule has 0 unspecified atom stereocenters. The molecule has 6 aromatic carbocycles. The van der Waals surface area contributed by atoms with Gasteiger partial charge in [0.15, 0.2) is 6.29 Å². The van der Waals surface area contributed by atoms with E-state index in [9.17, 15) is 9.90 Å². The summed E-state index contributed by atoms with van der Waals surface area (Å²) in [6, 6.07) is 49.7. The molecule has 1 aliphatic rings. The van der Waals surface area contributed by atoms with Gasteiger partial charge < -0.3 is 25.2 Å². The lowest BCUT2D eigenvalue weighted by Crippen LogP contribution is -2.44. The number of nitrogens with zero attached hydrogens (tertiary/aromatic N) is 1. The van der Waals surface area contributed by atoms with E-state index in [4.69, 9.17) is 9.47 Å². The average molecular weight is 720 g/mol. The number of aliphatic hydroxyl groups is 1. The number of hydrogen-bond acceptors (Lipinski definition) is 5. The summed E-state index contributed by atoms with van der Waals surface area (Å²) in [6.45, 7) is 6.05. The molecule has 0 bridgehead atoms. The lowest BCUT2D eigenvalue weighted by Gasteiger charge is -2.43. The maximum absolute atomic E-state index is 12.5. The zero-order chi connectivity index (χ0) is 37.4. The fourth-order valence-electron chi connectivity index (χ4n) is 7.24. The van der Waals surface area contributed by atoms with Crippen molar-refractivity contribution in [2.75, 3.05) is 13.6 Å². The summed E-state index contributed by atoms with van der Waals surface area (Å²) >= 11 is 0. The molecule has 7 heteroatoms. The average Bonchev–Trinajstić information content (AvgIpc) is 3.23. The number of amides is 2. The lowest BCUT2D eigenvalue weighted by molar-refractivity contribution is -0.276. The van der Waals surface area contributed by atoms with Crippen LogP contribution in [0, 0.1) is 5.92 Å². The van der Waals surface area contributed by atoms with E-state index < -0.39 is 6.29 Å². The van der Waals surface area contributed by atoms with Gasteiger partial charge in [-0.25, -0.2) is 4.79 Å². The molecule has 0 spiro atoms. The van der Waals surface area contributed by atoms with Gasteiger partial charge in [0, 0.05) is 37.2 Å². The summed E-state index contributed by atoms with van der Waals surface area (Å²) < 4.78 is 13.7. The molecule has 0 saturated carbocycles. The number of benzene rings is 6. The SMILES string of the molecule is C[C@@H]1[C@H](CN(C)[C@H](C)c2ccc3ccccc3c2)O[C@H](c2cccc(-c3cccc(CNC(=O)NCc4ccccc4)c3)c2)O[C@@H]1c1ccc(CO)cc1. The quantitative estimate of drug-likeness (QED) is 0.117. The number of carbonyl (C=O) groups is 1. The molecule has 2 amide bonds. The second kappa shape index (κ2) is 17.2. The van der Waals surface area contributed by atoms with Crippen LogP contribution in [0.5, 0.6) is 0 Å². The van der Waals surface area contributed by atoms with Crippen LogP contribution in [0.2, 0.25) is 0 Å². The normalized spacial score (nSPS) is 19.1. The second-order valence-electron chi connectivity index (χ2n) is 14.4. The standard InChI is InChI=1S/C47H49N3O4/c1-32-44(30-50(3)33(2)39-24-23-37-14-7-8-15-41(37)26-39)53-46(54-45(32)38-21-19-35(31-51)20-22-38)43-18-10-17-42(27-43)40-16-9-13-36(25-40)29-49-47(52)48-28-34-11-5-4-6-12-34/h4-27,32-33,44-46,51H,28-31H2,1-3H3,(H2,48,49,52)/t32-,33-,44+,45+,46+/m1/s1. The Morgan fingerprint density at radius 1 is 0.685 bits per heavy atom. The van der Waals surface area contributed by atoms with Crippen LogP contribution < -0.4 is 10.6 Å². The van der Waals surface area contributed by atoms with E-state index in [2.05, 4.69) is 121 Å². The number of fused-ring (bicyclic) bond motifs is 1. The fraction of sp³-hybridized carbons (Fsp3) is 0.255. The van der Waals surface area contributed by atoms with E-state index in [0.717, 1.165) is 38.9 Å². The van der Waals surface area contributed by atoms with Gasteiger partial charge in [0.25, 0.3) is 0 Å². The molecule has 0 radical (unpaired) electrons. The zero-order valence-electron chi connectivity index (χ0n) is 31.2. The van der Waals surface area contributed by atoms with Gasteiger partial charge in [-0.2, -0.15) is 0 Å². The highest BCUT2D eigenvalue weighted by molar-refractivity contribution is 5.83. The van der Waals surface area contributed by atoms with E-state index in [0.29, 0.717) is 19.6 Å². The number of nitrogens with one attached hydrogen (secondary N) is 2. The highest BCUT2D eigenvalue weighted by Gasteiger charge is 2.39. The van der Waals surface area contributed by atoms with Gasteiger partial charge in [-0.05, 0) is 81.9 Å². The molecule has 1 fully saturated rings. The van der Waals surface area contributed by atoms with Crippen molar-refractivity contribution in [3.05, 3.63) is 179 Å². The predicted molar refractivity (Wildman–Crippen MR) is 215 cm³/mol. The number of ether oxygens (including phenoxy) is 2. The molecule has 54 heavy (non-hydrogen) atoms. The van der Waals surface area contributed by atoms with Gasteiger partial charge in [-0.15, -0.1) is 0 Å². The lowest BCUT2D eigenvalue weighted by atomic mass is 9.89. The van der Waals surface area contributed by atoms with Gasteiger partial charge in [-0.1, -0.05) is 134 Å². The Labute approximate surface area is 318 Å². The van der Waals surface area contributed by atoms with Crippen molar-refractivity contribution in [1.29, 1.82) is 0 Å². The van der Waals surface area contributed by atoms with Crippen molar-refractivity contribution < 1.29 is 19.4 Å². The van der Waals surface area contributed by atoms with Crippen molar-refractivity contribution in [2.24, 2.45) is 5.92 Å². The first-order valence-electron chi connectivity index (χ1n) is 18.8. The number of carbonyl (C=O) groups excluding carboxylic acids is 1. The van der Waals surface area contributed by atoms with Crippen molar-refractivity contribution in [2.45, 2.75) is 58.1 Å². The largest absolute Gasteiger partial charge is 0.392 e. The molecular formula is C47H49N3O4. The predicted octanol–water partition coefficient (Wildman–Crippen LogP) is 9.48. The second-order valence-corrected chi connectivity index (χ2v) is 14.4. The molecule has 1 saturated heterocycles. The third-order valence-corrected chi connectivity index (χ3v) is 10.7. The number of rotatable bonds is 12. The highest BCUT2D eigenvalue weighted by Crippen LogP contribution is 2.43. The van der Waals surface area contributed by atoms with Gasteiger partial charge in [0.2, 0.25) is 0 Å². The van der Waals surface area contributed by atoms with Crippen molar-refractivity contribution in [1.82, 2.24) is 15.5 Å². The molecule has 7 nitrogen and oxygen atoms in total. The van der Waals surface area contributed by atoms with Crippen molar-refractivity contribution in [3.8, 4) is 11.1 Å². The van der Waals surface area contributed by atoms with Crippen LogP contribution in [0.15, 0.2) is 146 Å². The van der Waals surface area contributed by atoms with Gasteiger partial charge in [-0.3, -0.25) is 4.90 Å². The number of hydrogen-bond donors (Lipinski definition) is 3. The smallest absolute Gasteiger partial charge is 0.315 e. The molecule has 1 aliphatic heterocycles. The Bertz CT molecular complexity index is 2160. The van der Waals surface area contributed by atoms with Crippen molar-refractivity contribution >= 4 is 16.8 Å². The van der Waals surface area contributed by atoms with Crippen LogP contribution in [0.3, 0.4) is 0 Å². The summed E-state index contributed by atoms with van der Waals surface area (Å²) in [5.41, 5.74) is 8.27. The minimum atomic E-state index is -0.587. The number of aliphatic hydroxyl groups excluding tert-OH is 1. The third-order valence-electron chi connectivity index (χ3n) is 10.7. The van der Waals surface area contributed by atoms with Crippen molar-refractivity contribution in [3.63, 3.8) is 0 Å². The summed E-state index contributed by atoms with van der Waals surface area (Å²) in [5, 5.41) is 18.1.